The van der Waals surface area contributed by atoms with Crippen LogP contribution in [0.1, 0.15) is 5.56 Å². The first-order valence-electron chi connectivity index (χ1n) is 13.8. The maximum absolute atomic E-state index is 2.31. The Morgan fingerprint density at radius 2 is 0.875 bits per heavy atom. The predicted octanol–water partition coefficient (Wildman–Crippen LogP) is 11.7. The average Bonchev–Trinajstić information content (AvgIpc) is 3.40. The summed E-state index contributed by atoms with van der Waals surface area (Å²) >= 11 is 1.89. The van der Waals surface area contributed by atoms with E-state index in [1.807, 2.05) is 11.3 Å². The van der Waals surface area contributed by atoms with Crippen molar-refractivity contribution in [2.24, 2.45) is 0 Å². The van der Waals surface area contributed by atoms with Crippen molar-refractivity contribution < 1.29 is 0 Å². The van der Waals surface area contributed by atoms with Crippen LogP contribution in [0.25, 0.3) is 75.1 Å². The normalized spacial score (nSPS) is 11.6. The minimum Gasteiger partial charge on any atom is -0.135 e. The number of rotatable bonds is 3. The summed E-state index contributed by atoms with van der Waals surface area (Å²) in [6.45, 7) is 2.21. The van der Waals surface area contributed by atoms with Crippen molar-refractivity contribution in [3.8, 4) is 33.4 Å². The second-order valence-electron chi connectivity index (χ2n) is 10.5. The van der Waals surface area contributed by atoms with Gasteiger partial charge in [0.25, 0.3) is 0 Å². The lowest BCUT2D eigenvalue weighted by molar-refractivity contribution is 1.47. The first kappa shape index (κ1) is 23.2. The van der Waals surface area contributed by atoms with Crippen molar-refractivity contribution in [1.82, 2.24) is 0 Å². The molecule has 0 atom stereocenters. The number of hydrogen-bond donors (Lipinski definition) is 0. The standard InChI is InChI=1S/C39H26S/c1-25-11-2-3-12-28(25)38-33-16-6-4-14-31(33)37(32-15-5-7-17-34(32)38)27-23-21-26(22-24-27)29-18-10-19-35-30-13-8-9-20-36(30)40-39(29)35/h2-24H,1H3. The highest BCUT2D eigenvalue weighted by atomic mass is 32.1. The van der Waals surface area contributed by atoms with Gasteiger partial charge in [0.1, 0.15) is 0 Å². The van der Waals surface area contributed by atoms with E-state index < -0.39 is 0 Å². The van der Waals surface area contributed by atoms with Crippen LogP contribution >= 0.6 is 11.3 Å². The van der Waals surface area contributed by atoms with Crippen LogP contribution < -0.4 is 0 Å². The Labute approximate surface area is 237 Å². The lowest BCUT2D eigenvalue weighted by Gasteiger charge is -2.19. The van der Waals surface area contributed by atoms with E-state index >= 15 is 0 Å². The van der Waals surface area contributed by atoms with Crippen LogP contribution in [0.3, 0.4) is 0 Å². The lowest BCUT2D eigenvalue weighted by atomic mass is 9.85. The summed E-state index contributed by atoms with van der Waals surface area (Å²) in [5.41, 5.74) is 9.02. The monoisotopic (exact) mass is 526 g/mol. The third-order valence-electron chi connectivity index (χ3n) is 8.23. The van der Waals surface area contributed by atoms with Gasteiger partial charge < -0.3 is 0 Å². The minimum atomic E-state index is 1.25. The first-order chi connectivity index (χ1) is 19.8. The molecule has 0 saturated carbocycles. The zero-order valence-electron chi connectivity index (χ0n) is 22.2. The molecular weight excluding hydrogens is 500 g/mol. The van der Waals surface area contributed by atoms with Crippen LogP contribution in [-0.4, -0.2) is 0 Å². The van der Waals surface area contributed by atoms with Gasteiger partial charge >= 0.3 is 0 Å². The smallest absolute Gasteiger partial charge is 0.0433 e. The first-order valence-corrected chi connectivity index (χ1v) is 14.6. The van der Waals surface area contributed by atoms with Crippen LogP contribution in [0.2, 0.25) is 0 Å². The number of thiophene rings is 1. The van der Waals surface area contributed by atoms with Crippen LogP contribution in [0.5, 0.6) is 0 Å². The van der Waals surface area contributed by atoms with Crippen LogP contribution in [-0.2, 0) is 0 Å². The summed E-state index contributed by atoms with van der Waals surface area (Å²) in [5, 5.41) is 7.85. The molecule has 188 valence electrons. The molecule has 0 fully saturated rings. The third-order valence-corrected chi connectivity index (χ3v) is 9.45. The topological polar surface area (TPSA) is 0 Å². The number of hydrogen-bond acceptors (Lipinski definition) is 1. The van der Waals surface area contributed by atoms with Gasteiger partial charge in [-0.3, -0.25) is 0 Å². The van der Waals surface area contributed by atoms with Gasteiger partial charge in [-0.2, -0.15) is 0 Å². The summed E-state index contributed by atoms with van der Waals surface area (Å²) in [5.74, 6) is 0. The Morgan fingerprint density at radius 3 is 1.55 bits per heavy atom. The molecule has 1 heteroatoms. The van der Waals surface area contributed by atoms with Crippen LogP contribution in [0.4, 0.5) is 0 Å². The minimum absolute atomic E-state index is 1.25. The van der Waals surface area contributed by atoms with Crippen LogP contribution in [0, 0.1) is 6.92 Å². The molecule has 0 spiro atoms. The van der Waals surface area contributed by atoms with Crippen molar-refractivity contribution in [3.63, 3.8) is 0 Å². The summed E-state index contributed by atoms with van der Waals surface area (Å²) in [6, 6.07) is 51.2. The quantitative estimate of drug-likeness (QED) is 0.201. The molecule has 8 aromatic rings. The second kappa shape index (κ2) is 9.19. The number of benzene rings is 7. The fraction of sp³-hybridized carbons (Fsp3) is 0.0256. The van der Waals surface area contributed by atoms with Crippen molar-refractivity contribution in [2.45, 2.75) is 6.92 Å². The van der Waals surface area contributed by atoms with Crippen molar-refractivity contribution in [2.75, 3.05) is 0 Å². The number of fused-ring (bicyclic) bond motifs is 5. The Kier molecular flexibility index (Phi) is 5.33. The van der Waals surface area contributed by atoms with Crippen LogP contribution in [0.15, 0.2) is 140 Å². The lowest BCUT2D eigenvalue weighted by Crippen LogP contribution is -1.92. The summed E-state index contributed by atoms with van der Waals surface area (Å²) in [6.07, 6.45) is 0. The van der Waals surface area contributed by atoms with E-state index in [4.69, 9.17) is 0 Å². The van der Waals surface area contributed by atoms with E-state index in [9.17, 15) is 0 Å². The van der Waals surface area contributed by atoms with Gasteiger partial charge in [0.2, 0.25) is 0 Å². The zero-order chi connectivity index (χ0) is 26.6. The van der Waals surface area contributed by atoms with Gasteiger partial charge in [0, 0.05) is 20.2 Å². The molecule has 7 aromatic carbocycles. The van der Waals surface area contributed by atoms with E-state index in [1.54, 1.807) is 0 Å². The molecule has 0 saturated heterocycles. The molecule has 8 rings (SSSR count). The van der Waals surface area contributed by atoms with Gasteiger partial charge in [0.15, 0.2) is 0 Å². The Balaban J connectivity index is 1.35. The molecule has 0 aliphatic heterocycles. The van der Waals surface area contributed by atoms with E-state index in [2.05, 4.69) is 146 Å². The largest absolute Gasteiger partial charge is 0.135 e. The highest BCUT2D eigenvalue weighted by molar-refractivity contribution is 7.26. The molecule has 0 N–H and O–H groups in total. The highest BCUT2D eigenvalue weighted by Gasteiger charge is 2.17. The van der Waals surface area contributed by atoms with E-state index in [0.29, 0.717) is 0 Å². The van der Waals surface area contributed by atoms with Crippen molar-refractivity contribution >= 4 is 53.1 Å². The molecule has 40 heavy (non-hydrogen) atoms. The average molecular weight is 527 g/mol. The van der Waals surface area contributed by atoms with Gasteiger partial charge in [-0.05, 0) is 73.5 Å². The Hall–Kier alpha value is -4.72. The molecule has 1 aromatic heterocycles. The van der Waals surface area contributed by atoms with Gasteiger partial charge in [-0.25, -0.2) is 0 Å². The molecule has 0 bridgehead atoms. The number of aryl methyl sites for hydroxylation is 1. The van der Waals surface area contributed by atoms with Crippen molar-refractivity contribution in [3.05, 3.63) is 145 Å². The molecule has 1 heterocycles. The van der Waals surface area contributed by atoms with Gasteiger partial charge in [-0.1, -0.05) is 133 Å². The third kappa shape index (κ3) is 3.52. The molecule has 0 aliphatic rings. The summed E-state index contributed by atoms with van der Waals surface area (Å²) in [7, 11) is 0. The Morgan fingerprint density at radius 1 is 0.375 bits per heavy atom. The summed E-state index contributed by atoms with van der Waals surface area (Å²) < 4.78 is 2.70. The van der Waals surface area contributed by atoms with E-state index in [1.165, 1.54) is 80.7 Å². The zero-order valence-corrected chi connectivity index (χ0v) is 23.0. The molecular formula is C39H26S. The van der Waals surface area contributed by atoms with Crippen molar-refractivity contribution in [1.29, 1.82) is 0 Å². The highest BCUT2D eigenvalue weighted by Crippen LogP contribution is 2.45. The molecule has 0 aliphatic carbocycles. The SMILES string of the molecule is Cc1ccccc1-c1c2ccccc2c(-c2ccc(-c3cccc4c3sc3ccccc34)cc2)c2ccccc12. The fourth-order valence-electron chi connectivity index (χ4n) is 6.37. The van der Waals surface area contributed by atoms with Gasteiger partial charge in [-0.15, -0.1) is 11.3 Å². The second-order valence-corrected chi connectivity index (χ2v) is 11.6. The maximum Gasteiger partial charge on any atom is 0.0433 e. The van der Waals surface area contributed by atoms with E-state index in [0.717, 1.165) is 0 Å². The Bertz CT molecular complexity index is 2160. The predicted molar refractivity (Wildman–Crippen MR) is 175 cm³/mol. The maximum atomic E-state index is 2.31. The molecule has 0 unspecified atom stereocenters. The molecule has 0 amide bonds. The molecule has 0 nitrogen and oxygen atoms in total. The van der Waals surface area contributed by atoms with Gasteiger partial charge in [0.05, 0.1) is 0 Å². The fourth-order valence-corrected chi connectivity index (χ4v) is 7.61. The van der Waals surface area contributed by atoms with E-state index in [-0.39, 0.29) is 0 Å². The molecule has 0 radical (unpaired) electrons. The summed E-state index contributed by atoms with van der Waals surface area (Å²) in [4.78, 5) is 0.